The molecule has 0 saturated heterocycles. The molecule has 25 heavy (non-hydrogen) atoms. The van der Waals surface area contributed by atoms with E-state index in [1.165, 1.54) is 30.0 Å². The van der Waals surface area contributed by atoms with Crippen molar-refractivity contribution >= 4 is 23.4 Å². The molecule has 3 rings (SSSR count). The highest BCUT2D eigenvalue weighted by atomic mass is 32.2. The van der Waals surface area contributed by atoms with Crippen LogP contribution in [0.4, 0.5) is 10.1 Å². The number of carbonyl (C=O) groups is 1. The molecule has 1 aliphatic rings. The number of aromatic nitrogens is 2. The second kappa shape index (κ2) is 6.63. The molecule has 1 aliphatic heterocycles. The summed E-state index contributed by atoms with van der Waals surface area (Å²) in [7, 11) is 0. The number of nitrogens with one attached hydrogen (secondary N) is 1. The minimum absolute atomic E-state index is 0.136. The number of hydrogen-bond donors (Lipinski definition) is 1. The van der Waals surface area contributed by atoms with E-state index >= 15 is 0 Å². The summed E-state index contributed by atoms with van der Waals surface area (Å²) in [6.45, 7) is 6.03. The van der Waals surface area contributed by atoms with Gasteiger partial charge in [-0.05, 0) is 18.2 Å². The van der Waals surface area contributed by atoms with E-state index in [0.717, 1.165) is 5.69 Å². The van der Waals surface area contributed by atoms with E-state index in [1.54, 1.807) is 16.7 Å². The lowest BCUT2D eigenvalue weighted by molar-refractivity contribution is -0.116. The summed E-state index contributed by atoms with van der Waals surface area (Å²) in [5.41, 5.74) is 0.816. The van der Waals surface area contributed by atoms with E-state index in [9.17, 15) is 14.0 Å². The molecule has 1 N–H and O–H groups in total. The lowest BCUT2D eigenvalue weighted by atomic mass is 9.92. The summed E-state index contributed by atoms with van der Waals surface area (Å²) in [5, 5.41) is 3.33. The van der Waals surface area contributed by atoms with Crippen LogP contribution in [0.2, 0.25) is 0 Å². The number of benzene rings is 1. The van der Waals surface area contributed by atoms with Crippen LogP contribution in [0.3, 0.4) is 0 Å². The van der Waals surface area contributed by atoms with Gasteiger partial charge in [-0.3, -0.25) is 14.2 Å². The maximum absolute atomic E-state index is 13.2. The second-order valence-electron chi connectivity index (χ2n) is 7.11. The second-order valence-corrected chi connectivity index (χ2v) is 8.10. The van der Waals surface area contributed by atoms with Gasteiger partial charge in [-0.25, -0.2) is 9.37 Å². The number of fused-ring (bicyclic) bond motifs is 1. The fraction of sp³-hybridized carbons (Fsp3) is 0.389. The van der Waals surface area contributed by atoms with Gasteiger partial charge in [0.25, 0.3) is 5.56 Å². The lowest BCUT2D eigenvalue weighted by Gasteiger charge is -2.19. The Morgan fingerprint density at radius 1 is 1.40 bits per heavy atom. The van der Waals surface area contributed by atoms with Gasteiger partial charge in [-0.15, -0.1) is 0 Å². The average Bonchev–Trinajstić information content (AvgIpc) is 2.89. The number of nitrogens with zero attached hydrogens (tertiary/aromatic N) is 2. The molecule has 1 aromatic heterocycles. The molecule has 1 atom stereocenters. The van der Waals surface area contributed by atoms with Crippen LogP contribution in [0.1, 0.15) is 38.9 Å². The van der Waals surface area contributed by atoms with Gasteiger partial charge in [0, 0.05) is 29.3 Å². The minimum atomic E-state index is -0.408. The summed E-state index contributed by atoms with van der Waals surface area (Å²) >= 11 is 1.48. The highest BCUT2D eigenvalue weighted by molar-refractivity contribution is 7.99. The van der Waals surface area contributed by atoms with Crippen molar-refractivity contribution in [1.29, 1.82) is 0 Å². The molecule has 1 amide bonds. The van der Waals surface area contributed by atoms with Crippen LogP contribution in [-0.4, -0.2) is 21.2 Å². The zero-order valence-corrected chi connectivity index (χ0v) is 15.2. The molecule has 1 aromatic carbocycles. The van der Waals surface area contributed by atoms with E-state index < -0.39 is 5.82 Å². The van der Waals surface area contributed by atoms with Crippen molar-refractivity contribution in [2.24, 2.45) is 0 Å². The highest BCUT2D eigenvalue weighted by Gasteiger charge is 2.29. The molecule has 2 aromatic rings. The third-order valence-electron chi connectivity index (χ3n) is 3.99. The quantitative estimate of drug-likeness (QED) is 0.852. The van der Waals surface area contributed by atoms with Crippen molar-refractivity contribution in [2.75, 3.05) is 11.1 Å². The van der Waals surface area contributed by atoms with E-state index in [4.69, 9.17) is 0 Å². The molecule has 7 heteroatoms. The Balaban J connectivity index is 1.77. The molecular weight excluding hydrogens is 341 g/mol. The predicted octanol–water partition coefficient (Wildman–Crippen LogP) is 3.36. The van der Waals surface area contributed by atoms with Crippen molar-refractivity contribution in [3.05, 3.63) is 52.2 Å². The smallest absolute Gasteiger partial charge is 0.254 e. The van der Waals surface area contributed by atoms with Gasteiger partial charge < -0.3 is 5.32 Å². The molecule has 0 bridgehead atoms. The number of halogens is 1. The lowest BCUT2D eigenvalue weighted by Crippen LogP contribution is -2.29. The fourth-order valence-corrected chi connectivity index (χ4v) is 3.83. The van der Waals surface area contributed by atoms with Crippen molar-refractivity contribution in [1.82, 2.24) is 9.55 Å². The first-order valence-electron chi connectivity index (χ1n) is 8.06. The van der Waals surface area contributed by atoms with Gasteiger partial charge in [0.2, 0.25) is 5.91 Å². The zero-order valence-electron chi connectivity index (χ0n) is 14.4. The fourth-order valence-electron chi connectivity index (χ4n) is 2.68. The molecule has 0 radical (unpaired) electrons. The number of thioether (sulfide) groups is 1. The van der Waals surface area contributed by atoms with Crippen LogP contribution in [0.5, 0.6) is 0 Å². The van der Waals surface area contributed by atoms with Crippen molar-refractivity contribution in [2.45, 2.75) is 43.8 Å². The third kappa shape index (κ3) is 3.92. The first-order valence-corrected chi connectivity index (χ1v) is 9.05. The Morgan fingerprint density at radius 2 is 2.16 bits per heavy atom. The van der Waals surface area contributed by atoms with Gasteiger partial charge in [-0.2, -0.15) is 0 Å². The molecule has 0 saturated carbocycles. The zero-order chi connectivity index (χ0) is 18.2. The number of rotatable bonds is 3. The molecule has 0 fully saturated rings. The number of amides is 1. The Bertz CT molecular complexity index is 873. The van der Waals surface area contributed by atoms with Crippen LogP contribution in [0.15, 0.2) is 40.3 Å². The van der Waals surface area contributed by atoms with Crippen molar-refractivity contribution in [3.63, 3.8) is 0 Å². The average molecular weight is 361 g/mol. The summed E-state index contributed by atoms with van der Waals surface area (Å²) in [4.78, 5) is 29.3. The summed E-state index contributed by atoms with van der Waals surface area (Å²) < 4.78 is 14.8. The summed E-state index contributed by atoms with van der Waals surface area (Å²) in [6, 6.07) is 7.04. The molecule has 0 spiro atoms. The Hall–Kier alpha value is -2.15. The molecule has 5 nitrogen and oxygen atoms in total. The van der Waals surface area contributed by atoms with E-state index in [2.05, 4.69) is 10.3 Å². The van der Waals surface area contributed by atoms with Crippen molar-refractivity contribution in [3.8, 4) is 0 Å². The summed E-state index contributed by atoms with van der Waals surface area (Å²) in [6.07, 6.45) is 0.146. The van der Waals surface area contributed by atoms with Crippen LogP contribution in [0, 0.1) is 5.82 Å². The standard InChI is InChI=1S/C18H20FN3O2S/c1-18(2,3)14-9-16(24)22-13(10-25-17(22)21-14)8-15(23)20-12-6-4-5-11(19)7-12/h4-7,9,13H,8,10H2,1-3H3,(H,20,23). The Morgan fingerprint density at radius 3 is 2.84 bits per heavy atom. The molecule has 0 aliphatic carbocycles. The van der Waals surface area contributed by atoms with E-state index in [1.807, 2.05) is 20.8 Å². The number of hydrogen-bond acceptors (Lipinski definition) is 4. The Kier molecular flexibility index (Phi) is 4.69. The third-order valence-corrected chi connectivity index (χ3v) is 5.09. The molecule has 1 unspecified atom stereocenters. The number of anilines is 1. The predicted molar refractivity (Wildman–Crippen MR) is 96.6 cm³/mol. The van der Waals surface area contributed by atoms with Gasteiger partial charge in [0.15, 0.2) is 5.16 Å². The monoisotopic (exact) mass is 361 g/mol. The summed E-state index contributed by atoms with van der Waals surface area (Å²) in [5.74, 6) is -0.0441. The van der Waals surface area contributed by atoms with E-state index in [0.29, 0.717) is 16.6 Å². The minimum Gasteiger partial charge on any atom is -0.326 e. The molecule has 2 heterocycles. The Labute approximate surface area is 149 Å². The van der Waals surface area contributed by atoms with Gasteiger partial charge >= 0.3 is 0 Å². The first kappa shape index (κ1) is 17.7. The van der Waals surface area contributed by atoms with Gasteiger partial charge in [0.05, 0.1) is 11.7 Å². The van der Waals surface area contributed by atoms with E-state index in [-0.39, 0.29) is 29.3 Å². The van der Waals surface area contributed by atoms with Crippen LogP contribution < -0.4 is 10.9 Å². The first-order chi connectivity index (χ1) is 11.7. The maximum Gasteiger partial charge on any atom is 0.254 e. The van der Waals surface area contributed by atoms with Crippen LogP contribution in [0.25, 0.3) is 0 Å². The van der Waals surface area contributed by atoms with Gasteiger partial charge in [-0.1, -0.05) is 38.6 Å². The highest BCUT2D eigenvalue weighted by Crippen LogP contribution is 2.33. The molecular formula is C18H20FN3O2S. The SMILES string of the molecule is CC(C)(C)c1cc(=O)n2c(n1)SCC2CC(=O)Nc1cccc(F)c1. The molecule has 132 valence electrons. The maximum atomic E-state index is 13.2. The number of carbonyl (C=O) groups excluding carboxylic acids is 1. The van der Waals surface area contributed by atoms with Crippen molar-refractivity contribution < 1.29 is 9.18 Å². The normalized spacial score (nSPS) is 16.6. The van der Waals surface area contributed by atoms with Crippen LogP contribution >= 0.6 is 11.8 Å². The van der Waals surface area contributed by atoms with Gasteiger partial charge in [0.1, 0.15) is 5.82 Å². The largest absolute Gasteiger partial charge is 0.326 e. The topological polar surface area (TPSA) is 64.0 Å². The van der Waals surface area contributed by atoms with Crippen LogP contribution in [-0.2, 0) is 10.2 Å².